The number of aryl methyl sites for hydroxylation is 1. The number of piperidine rings is 1. The Morgan fingerprint density at radius 3 is 3.08 bits per heavy atom. The van der Waals surface area contributed by atoms with Gasteiger partial charge in [-0.3, -0.25) is 4.79 Å². The normalized spacial score (nSPS) is 23.0. The van der Waals surface area contributed by atoms with Gasteiger partial charge in [0.2, 0.25) is 0 Å². The molecule has 1 aromatic heterocycles. The molecule has 0 bridgehead atoms. The topological polar surface area (TPSA) is 42.4 Å². The predicted molar refractivity (Wildman–Crippen MR) is 89.9 cm³/mol. The molecule has 6 heteroatoms. The van der Waals surface area contributed by atoms with Gasteiger partial charge in [0.25, 0.3) is 5.91 Å². The summed E-state index contributed by atoms with van der Waals surface area (Å²) in [5.41, 5.74) is 1.81. The van der Waals surface area contributed by atoms with E-state index in [1.165, 1.54) is 6.07 Å². The van der Waals surface area contributed by atoms with Crippen LogP contribution in [0.3, 0.4) is 0 Å². The Balaban J connectivity index is 1.46. The lowest BCUT2D eigenvalue weighted by Gasteiger charge is -2.33. The number of thiazole rings is 1. The van der Waals surface area contributed by atoms with Gasteiger partial charge in [-0.2, -0.15) is 0 Å². The molecule has 0 aliphatic carbocycles. The van der Waals surface area contributed by atoms with Crippen LogP contribution in [0.4, 0.5) is 4.39 Å². The van der Waals surface area contributed by atoms with E-state index in [4.69, 9.17) is 4.74 Å². The third-order valence-corrected chi connectivity index (χ3v) is 5.83. The fraction of sp³-hybridized carbons (Fsp3) is 0.444. The Hall–Kier alpha value is -1.95. The number of nitrogens with zero attached hydrogens (tertiary/aromatic N) is 2. The molecule has 0 spiro atoms. The number of rotatable bonds is 2. The first-order valence-electron chi connectivity index (χ1n) is 8.26. The standard InChI is InChI=1S/C18H19FN2O2S/c1-11-10-24-17(20-11)13-5-3-7-21(9-13)18(22)15-8-12-4-2-6-14(19)16(12)23-15/h2,4,6,10,13,15H,3,5,7-9H2,1H3/t13-,15-/m0/s1. The number of hydrogen-bond acceptors (Lipinski definition) is 4. The number of aromatic nitrogens is 1. The monoisotopic (exact) mass is 346 g/mol. The molecule has 2 aliphatic heterocycles. The largest absolute Gasteiger partial charge is 0.477 e. The number of ether oxygens (including phenoxy) is 1. The van der Waals surface area contributed by atoms with Crippen molar-refractivity contribution >= 4 is 17.2 Å². The third-order valence-electron chi connectivity index (χ3n) is 4.71. The Labute approximate surface area is 144 Å². The number of para-hydroxylation sites is 1. The van der Waals surface area contributed by atoms with Gasteiger partial charge in [-0.1, -0.05) is 12.1 Å². The van der Waals surface area contributed by atoms with E-state index < -0.39 is 11.9 Å². The average Bonchev–Trinajstić information content (AvgIpc) is 3.21. The molecule has 24 heavy (non-hydrogen) atoms. The van der Waals surface area contributed by atoms with Crippen molar-refractivity contribution in [3.05, 3.63) is 45.7 Å². The van der Waals surface area contributed by atoms with Crippen LogP contribution >= 0.6 is 11.3 Å². The molecular formula is C18H19FN2O2S. The molecule has 2 aliphatic rings. The number of likely N-dealkylation sites (tertiary alicyclic amines) is 1. The van der Waals surface area contributed by atoms with Crippen molar-refractivity contribution in [2.45, 2.75) is 38.2 Å². The van der Waals surface area contributed by atoms with E-state index in [2.05, 4.69) is 10.4 Å². The number of carbonyl (C=O) groups excluding carboxylic acids is 1. The summed E-state index contributed by atoms with van der Waals surface area (Å²) >= 11 is 1.66. The second-order valence-corrected chi connectivity index (χ2v) is 7.38. The molecule has 4 rings (SSSR count). The van der Waals surface area contributed by atoms with Crippen molar-refractivity contribution < 1.29 is 13.9 Å². The van der Waals surface area contributed by atoms with Crippen LogP contribution in [0, 0.1) is 12.7 Å². The van der Waals surface area contributed by atoms with E-state index in [-0.39, 0.29) is 11.7 Å². The molecule has 0 saturated carbocycles. The minimum absolute atomic E-state index is 0.0384. The summed E-state index contributed by atoms with van der Waals surface area (Å²) < 4.78 is 19.4. The number of amides is 1. The van der Waals surface area contributed by atoms with Crippen LogP contribution in [0.1, 0.15) is 35.0 Å². The molecule has 0 unspecified atom stereocenters. The first kappa shape index (κ1) is 15.6. The lowest BCUT2D eigenvalue weighted by molar-refractivity contribution is -0.139. The summed E-state index contributed by atoms with van der Waals surface area (Å²) in [5, 5.41) is 3.15. The van der Waals surface area contributed by atoms with Gasteiger partial charge in [0, 0.05) is 42.1 Å². The summed E-state index contributed by atoms with van der Waals surface area (Å²) in [5.74, 6) is 0.100. The quantitative estimate of drug-likeness (QED) is 0.838. The Kier molecular flexibility index (Phi) is 4.00. The van der Waals surface area contributed by atoms with Crippen LogP contribution in [0.25, 0.3) is 0 Å². The summed E-state index contributed by atoms with van der Waals surface area (Å²) in [4.78, 5) is 19.3. The number of halogens is 1. The molecule has 1 saturated heterocycles. The number of hydrogen-bond donors (Lipinski definition) is 0. The number of carbonyl (C=O) groups is 1. The molecule has 1 amide bonds. The van der Waals surface area contributed by atoms with Gasteiger partial charge < -0.3 is 9.64 Å². The van der Waals surface area contributed by atoms with Crippen molar-refractivity contribution in [1.82, 2.24) is 9.88 Å². The second-order valence-electron chi connectivity index (χ2n) is 6.49. The molecule has 2 atom stereocenters. The maximum absolute atomic E-state index is 13.8. The van der Waals surface area contributed by atoms with E-state index in [1.807, 2.05) is 17.9 Å². The van der Waals surface area contributed by atoms with Crippen molar-refractivity contribution in [2.75, 3.05) is 13.1 Å². The lowest BCUT2D eigenvalue weighted by atomic mass is 9.98. The SMILES string of the molecule is Cc1csc([C@H]2CCCN(C(=O)[C@@H]3Cc4cccc(F)c4O3)C2)n1. The Bertz CT molecular complexity index is 776. The van der Waals surface area contributed by atoms with Crippen LogP contribution in [0.15, 0.2) is 23.6 Å². The molecule has 0 radical (unpaired) electrons. The second kappa shape index (κ2) is 6.16. The third kappa shape index (κ3) is 2.79. The minimum atomic E-state index is -0.603. The van der Waals surface area contributed by atoms with Gasteiger partial charge in [0.15, 0.2) is 17.7 Å². The molecule has 0 N–H and O–H groups in total. The van der Waals surface area contributed by atoms with Crippen molar-refractivity contribution in [1.29, 1.82) is 0 Å². The number of fused-ring (bicyclic) bond motifs is 1. The van der Waals surface area contributed by atoms with Gasteiger partial charge in [-0.15, -0.1) is 11.3 Å². The van der Waals surface area contributed by atoms with E-state index in [1.54, 1.807) is 17.4 Å². The van der Waals surface area contributed by atoms with Crippen molar-refractivity contribution in [3.8, 4) is 5.75 Å². The highest BCUT2D eigenvalue weighted by Crippen LogP contribution is 2.34. The first-order chi connectivity index (χ1) is 11.6. The summed E-state index contributed by atoms with van der Waals surface area (Å²) in [6.45, 7) is 3.40. The molecule has 126 valence electrons. The molecule has 1 aromatic carbocycles. The predicted octanol–water partition coefficient (Wildman–Crippen LogP) is 3.30. The highest BCUT2D eigenvalue weighted by Gasteiger charge is 2.36. The van der Waals surface area contributed by atoms with E-state index >= 15 is 0 Å². The molecule has 1 fully saturated rings. The van der Waals surface area contributed by atoms with E-state index in [0.717, 1.165) is 35.7 Å². The zero-order valence-electron chi connectivity index (χ0n) is 13.5. The average molecular weight is 346 g/mol. The van der Waals surface area contributed by atoms with Gasteiger partial charge in [0.05, 0.1) is 5.01 Å². The molecule has 2 aromatic rings. The van der Waals surface area contributed by atoms with Crippen LogP contribution in [0.5, 0.6) is 5.75 Å². The lowest BCUT2D eigenvalue weighted by Crippen LogP contribution is -2.45. The van der Waals surface area contributed by atoms with E-state index in [9.17, 15) is 9.18 Å². The minimum Gasteiger partial charge on any atom is -0.477 e. The number of benzene rings is 1. The van der Waals surface area contributed by atoms with Gasteiger partial charge in [-0.05, 0) is 25.8 Å². The fourth-order valence-electron chi connectivity index (χ4n) is 3.51. The van der Waals surface area contributed by atoms with Crippen molar-refractivity contribution in [2.24, 2.45) is 0 Å². The summed E-state index contributed by atoms with van der Waals surface area (Å²) in [6, 6.07) is 4.85. The summed E-state index contributed by atoms with van der Waals surface area (Å²) in [6.07, 6.45) is 1.86. The highest BCUT2D eigenvalue weighted by molar-refractivity contribution is 7.09. The Morgan fingerprint density at radius 1 is 1.46 bits per heavy atom. The van der Waals surface area contributed by atoms with Crippen molar-refractivity contribution in [3.63, 3.8) is 0 Å². The molecule has 3 heterocycles. The highest BCUT2D eigenvalue weighted by atomic mass is 32.1. The maximum Gasteiger partial charge on any atom is 0.264 e. The van der Waals surface area contributed by atoms with E-state index in [0.29, 0.717) is 18.9 Å². The van der Waals surface area contributed by atoms with Gasteiger partial charge in [-0.25, -0.2) is 9.37 Å². The van der Waals surface area contributed by atoms with Crippen LogP contribution in [-0.4, -0.2) is 35.0 Å². The van der Waals surface area contributed by atoms with Crippen LogP contribution in [0.2, 0.25) is 0 Å². The van der Waals surface area contributed by atoms with Crippen LogP contribution in [-0.2, 0) is 11.2 Å². The summed E-state index contributed by atoms with van der Waals surface area (Å²) in [7, 11) is 0. The van der Waals surface area contributed by atoms with Gasteiger partial charge >= 0.3 is 0 Å². The first-order valence-corrected chi connectivity index (χ1v) is 9.14. The molecular weight excluding hydrogens is 327 g/mol. The molecule has 4 nitrogen and oxygen atoms in total. The van der Waals surface area contributed by atoms with Crippen LogP contribution < -0.4 is 4.74 Å². The smallest absolute Gasteiger partial charge is 0.264 e. The zero-order valence-corrected chi connectivity index (χ0v) is 14.3. The van der Waals surface area contributed by atoms with Gasteiger partial charge in [0.1, 0.15) is 0 Å². The fourth-order valence-corrected chi connectivity index (χ4v) is 4.44. The zero-order chi connectivity index (χ0) is 16.7. The maximum atomic E-state index is 13.8. The Morgan fingerprint density at radius 2 is 2.33 bits per heavy atom.